The van der Waals surface area contributed by atoms with E-state index in [1.807, 2.05) is 76.5 Å². The minimum absolute atomic E-state index is 0.0255. The third-order valence-electron chi connectivity index (χ3n) is 17.4. The summed E-state index contributed by atoms with van der Waals surface area (Å²) >= 11 is 0. The van der Waals surface area contributed by atoms with Gasteiger partial charge < -0.3 is 72.0 Å². The number of ether oxygens (including phenoxy) is 3. The molecule has 105 heavy (non-hydrogen) atoms. The van der Waals surface area contributed by atoms with E-state index >= 15 is 0 Å². The number of halogens is 2. The van der Waals surface area contributed by atoms with E-state index in [1.165, 1.54) is 74.7 Å². The van der Waals surface area contributed by atoms with E-state index < -0.39 is 34.5 Å². The fraction of sp³-hybridized carbons (Fsp3) is 0.807. The van der Waals surface area contributed by atoms with Gasteiger partial charge in [-0.2, -0.15) is 0 Å². The van der Waals surface area contributed by atoms with Crippen molar-refractivity contribution in [1.29, 1.82) is 0 Å². The number of hydrogen-bond donors (Lipinski definition) is 8. The molecule has 22 heteroatoms. The number of fused-ring (bicyclic) bond motifs is 2. The number of aryl methyl sites for hydroxylation is 1. The van der Waals surface area contributed by atoms with Crippen LogP contribution in [-0.2, 0) is 41.6 Å². The molecule has 0 spiro atoms. The van der Waals surface area contributed by atoms with E-state index in [0.717, 1.165) is 134 Å². The average Bonchev–Trinajstić information content (AvgIpc) is 1.64. The molecule has 1 aromatic heterocycles. The minimum atomic E-state index is -0.908. The summed E-state index contributed by atoms with van der Waals surface area (Å²) in [4.78, 5) is 75.4. The molecule has 1 aromatic carbocycles. The number of hydrogen-bond acceptors (Lipinski definition) is 18. The summed E-state index contributed by atoms with van der Waals surface area (Å²) in [6.07, 6.45) is 18.1. The molecule has 4 heterocycles. The maximum absolute atomic E-state index is 14.0. The Hall–Kier alpha value is -4.78. The topological polar surface area (TPSA) is 288 Å². The molecule has 11 N–H and O–H groups in total. The molecule has 3 aliphatic heterocycles. The highest BCUT2D eigenvalue weighted by Crippen LogP contribution is 2.30. The minimum Gasteiger partial charge on any atom is -0.503 e. The maximum atomic E-state index is 14.0. The number of carbonyl (C=O) groups excluding carboxylic acids is 5. The van der Waals surface area contributed by atoms with Crippen LogP contribution in [0, 0.1) is 70.8 Å². The standard InChI is InChI=1S/C26H31F2N3O4.C12H25NO2.C11H23NO2.C11H25N.C9H22N2.C6H16N2.2C4H8O/c1-15(2)11-29-9-8-16(3)12-31-22(29)14-30-13-19(24(33)25(34)23(30)26(31)35)21(32)7-5-17-4-6-18(27)10-20(17)28;1-10(8-9-13-5)6-7-11(14)15-12(2,3)4;1-9(7-8-12)5-6-10(13)14-11(2,3)4;1-10(2)6-5-7-11(3)8-9-12-4;1-8(2)7-11-5-4-9(3)6-10;1-6(5-7)3-4-8-2;1-2-4-5-3-1;1-4(2)3-5/h4,6,10,13,15-16,22,34H,5,7-9,11-12,14H2,1-3H3;10,13H,6-9H2,1-5H3;9H,5-8,12H2,1-4H3;10-12H,5-9H2,1-4H3;8-9,11H,4-7,10H2,1-3H3;6,8H,3-5,7H2,1-2H3;1-4H2;3-4H,1-2H3/t16-,22?;10-;9-;11-;9-;6-;;/m100011../s1. The fourth-order valence-electron chi connectivity index (χ4n) is 10.8. The number of aromatic hydroxyl groups is 1. The Morgan fingerprint density at radius 3 is 1.56 bits per heavy atom. The molecule has 0 bridgehead atoms. The number of aromatic nitrogens is 1. The number of aldehydes is 1. The highest BCUT2D eigenvalue weighted by atomic mass is 19.1. The van der Waals surface area contributed by atoms with Gasteiger partial charge in [-0.1, -0.05) is 122 Å². The summed E-state index contributed by atoms with van der Waals surface area (Å²) in [5.74, 6) is 2.39. The van der Waals surface area contributed by atoms with E-state index in [-0.39, 0.29) is 70.8 Å². The molecule has 1 unspecified atom stereocenters. The summed E-state index contributed by atoms with van der Waals surface area (Å²) in [5, 5.41) is 23.5. The van der Waals surface area contributed by atoms with Crippen molar-refractivity contribution in [2.45, 2.75) is 272 Å². The molecular formula is C83H158F2N10O10. The van der Waals surface area contributed by atoms with Crippen LogP contribution >= 0.6 is 0 Å². The quantitative estimate of drug-likeness (QED) is 0.0138. The van der Waals surface area contributed by atoms with Crippen molar-refractivity contribution in [2.24, 2.45) is 76.4 Å². The summed E-state index contributed by atoms with van der Waals surface area (Å²) < 4.78 is 44.0. The van der Waals surface area contributed by atoms with Gasteiger partial charge in [-0.05, 0) is 251 Å². The molecule has 1 amide bonds. The number of nitrogens with zero attached hydrogens (tertiary/aromatic N) is 3. The number of nitrogens with one attached hydrogen (secondary N) is 4. The molecule has 2 aromatic rings. The van der Waals surface area contributed by atoms with E-state index in [4.69, 9.17) is 31.4 Å². The van der Waals surface area contributed by atoms with Crippen LogP contribution in [0.2, 0.25) is 0 Å². The second-order valence-corrected chi connectivity index (χ2v) is 33.0. The molecule has 0 radical (unpaired) electrons. The molecule has 614 valence electrons. The first-order valence-corrected chi connectivity index (χ1v) is 39.9. The molecule has 0 saturated carbocycles. The van der Waals surface area contributed by atoms with Crippen LogP contribution in [0.1, 0.15) is 268 Å². The fourth-order valence-corrected chi connectivity index (χ4v) is 10.8. The second-order valence-electron chi connectivity index (χ2n) is 33.0. The third kappa shape index (κ3) is 56.2. The number of rotatable bonds is 35. The van der Waals surface area contributed by atoms with Crippen molar-refractivity contribution in [1.82, 2.24) is 35.6 Å². The Bertz CT molecular complexity index is 2620. The van der Waals surface area contributed by atoms with E-state index in [2.05, 4.69) is 109 Å². The Morgan fingerprint density at radius 2 is 1.14 bits per heavy atom. The van der Waals surface area contributed by atoms with Crippen LogP contribution in [0.4, 0.5) is 8.78 Å². The molecule has 3 aliphatic rings. The Morgan fingerprint density at radius 1 is 0.657 bits per heavy atom. The number of esters is 2. The Balaban J connectivity index is -0.00000125. The van der Waals surface area contributed by atoms with E-state index in [0.29, 0.717) is 62.1 Å². The number of pyridine rings is 1. The molecule has 5 rings (SSSR count). The van der Waals surface area contributed by atoms with Gasteiger partial charge >= 0.3 is 11.9 Å². The lowest BCUT2D eigenvalue weighted by Crippen LogP contribution is -2.57. The van der Waals surface area contributed by atoms with Gasteiger partial charge in [0, 0.05) is 70.3 Å². The number of ketones is 1. The van der Waals surface area contributed by atoms with Crippen LogP contribution in [0.25, 0.3) is 0 Å². The van der Waals surface area contributed by atoms with Gasteiger partial charge in [0.15, 0.2) is 17.2 Å². The van der Waals surface area contributed by atoms with Crippen LogP contribution in [0.15, 0.2) is 29.2 Å². The van der Waals surface area contributed by atoms with Crippen molar-refractivity contribution in [3.63, 3.8) is 0 Å². The largest absolute Gasteiger partial charge is 0.503 e. The SMILES string of the molecule is C1CCOC1.CC(C)C=O.CC(C)CN1CC[C@@H](C)CN2C(=O)c3c(O)c(=O)c(C(=O)CCc4ccc(F)cc4F)cn3CC12.CC(C)CNCC[C@@H](C)CN.CNCC[C@@H](C)CCC(=O)OC(C)(C)C.CNCC[C@@H](C)CCCC(C)C.CNCC[C@@H](C)CN.C[C@H](CCN)CCC(=O)OC(C)(C)C. The number of carbonyl (C=O) groups is 5. The first-order valence-electron chi connectivity index (χ1n) is 39.9. The summed E-state index contributed by atoms with van der Waals surface area (Å²) in [5.41, 5.74) is 14.5. The van der Waals surface area contributed by atoms with Gasteiger partial charge in [0.2, 0.25) is 5.43 Å². The highest BCUT2D eigenvalue weighted by Gasteiger charge is 2.41. The molecular weight excluding hydrogens is 1330 g/mol. The number of nitrogens with two attached hydrogens (primary N) is 3. The number of amides is 1. The van der Waals surface area contributed by atoms with Gasteiger partial charge in [0.25, 0.3) is 5.91 Å². The first-order chi connectivity index (χ1) is 49.2. The predicted molar refractivity (Wildman–Crippen MR) is 432 cm³/mol. The van der Waals surface area contributed by atoms with Crippen molar-refractivity contribution in [3.05, 3.63) is 63.1 Å². The number of benzene rings is 1. The van der Waals surface area contributed by atoms with Crippen LogP contribution < -0.4 is 43.9 Å². The molecule has 2 saturated heterocycles. The lowest BCUT2D eigenvalue weighted by Gasteiger charge is -2.42. The van der Waals surface area contributed by atoms with Crippen LogP contribution in [0.5, 0.6) is 5.75 Å². The van der Waals surface area contributed by atoms with Gasteiger partial charge in [-0.3, -0.25) is 28.9 Å². The monoisotopic (exact) mass is 1490 g/mol. The van der Waals surface area contributed by atoms with Gasteiger partial charge in [0.1, 0.15) is 35.3 Å². The molecule has 0 aliphatic carbocycles. The van der Waals surface area contributed by atoms with Crippen LogP contribution in [-0.4, -0.2) is 173 Å². The predicted octanol–water partition coefficient (Wildman–Crippen LogP) is 14.0. The molecule has 20 nitrogen and oxygen atoms in total. The zero-order chi connectivity index (χ0) is 80.8. The Kier molecular flexibility index (Phi) is 60.7. The second kappa shape index (κ2) is 61.0. The highest BCUT2D eigenvalue weighted by molar-refractivity contribution is 6.00. The zero-order valence-corrected chi connectivity index (χ0v) is 70.6. The molecule has 7 atom stereocenters. The van der Waals surface area contributed by atoms with Gasteiger partial charge in [0.05, 0.1) is 12.1 Å². The zero-order valence-electron chi connectivity index (χ0n) is 70.6. The van der Waals surface area contributed by atoms with Gasteiger partial charge in [-0.15, -0.1) is 0 Å². The van der Waals surface area contributed by atoms with E-state index in [1.54, 1.807) is 4.90 Å². The van der Waals surface area contributed by atoms with Crippen LogP contribution in [0.3, 0.4) is 0 Å². The smallest absolute Gasteiger partial charge is 0.306 e. The van der Waals surface area contributed by atoms with Crippen molar-refractivity contribution < 1.29 is 52.1 Å². The summed E-state index contributed by atoms with van der Waals surface area (Å²) in [7, 11) is 5.94. The normalized spacial score (nSPS) is 16.3. The van der Waals surface area contributed by atoms with Gasteiger partial charge in [-0.25, -0.2) is 8.78 Å². The lowest BCUT2D eigenvalue weighted by molar-refractivity contribution is -0.156. The maximum Gasteiger partial charge on any atom is 0.306 e. The number of Topliss-reactive ketones (excluding diaryl/α,β-unsaturated/α-hetero) is 1. The Labute approximate surface area is 637 Å². The summed E-state index contributed by atoms with van der Waals surface area (Å²) in [6.45, 7) is 53.7. The third-order valence-corrected chi connectivity index (χ3v) is 17.4. The first kappa shape index (κ1) is 104. The average molecular weight is 1490 g/mol. The van der Waals surface area contributed by atoms with Crippen molar-refractivity contribution in [3.8, 4) is 5.75 Å². The molecule has 2 fully saturated rings. The lowest BCUT2D eigenvalue weighted by atomic mass is 9.97. The van der Waals surface area contributed by atoms with Crippen molar-refractivity contribution in [2.75, 3.05) is 106 Å². The van der Waals surface area contributed by atoms with E-state index in [9.17, 15) is 42.7 Å². The summed E-state index contributed by atoms with van der Waals surface area (Å²) in [6, 6.07) is 3.11. The van der Waals surface area contributed by atoms with Crippen molar-refractivity contribution >= 4 is 29.9 Å².